The smallest absolute Gasteiger partial charge is 0.343 e. The zero-order chi connectivity index (χ0) is 26.7. The van der Waals surface area contributed by atoms with Crippen LogP contribution in [0.25, 0.3) is 11.1 Å². The average molecular weight is 513 g/mol. The van der Waals surface area contributed by atoms with Crippen LogP contribution in [0.3, 0.4) is 0 Å². The van der Waals surface area contributed by atoms with Crippen molar-refractivity contribution in [3.63, 3.8) is 0 Å². The van der Waals surface area contributed by atoms with Crippen LogP contribution >= 0.6 is 0 Å². The summed E-state index contributed by atoms with van der Waals surface area (Å²) in [5.41, 5.74) is 1.81. The number of hydrogen-bond donors (Lipinski definition) is 0. The number of ether oxygens (including phenoxy) is 1. The number of sulfonamides is 1. The van der Waals surface area contributed by atoms with Crippen molar-refractivity contribution in [1.82, 2.24) is 9.80 Å². The summed E-state index contributed by atoms with van der Waals surface area (Å²) in [7, 11) is -0.567. The molecule has 0 N–H and O–H groups in total. The number of nitriles is 1. The lowest BCUT2D eigenvalue weighted by atomic mass is 10.0. The monoisotopic (exact) mass is 512 g/mol. The molecule has 9 nitrogen and oxygen atoms in total. The third kappa shape index (κ3) is 7.65. The van der Waals surface area contributed by atoms with Gasteiger partial charge in [0.05, 0.1) is 17.6 Å². The molecular weight excluding hydrogens is 480 g/mol. The van der Waals surface area contributed by atoms with E-state index < -0.39 is 22.0 Å². The third-order valence-electron chi connectivity index (χ3n) is 5.21. The molecule has 0 aliphatic carbocycles. The van der Waals surface area contributed by atoms with Gasteiger partial charge in [-0.25, -0.2) is 4.79 Å². The van der Waals surface area contributed by atoms with Crippen molar-refractivity contribution in [3.8, 4) is 17.2 Å². The molecule has 0 fully saturated rings. The van der Waals surface area contributed by atoms with Crippen molar-refractivity contribution in [2.45, 2.75) is 50.6 Å². The number of carbonyl (C=O) groups is 2. The first-order valence-corrected chi connectivity index (χ1v) is 13.1. The molecule has 0 spiro atoms. The first-order valence-electron chi connectivity index (χ1n) is 11.7. The zero-order valence-corrected chi connectivity index (χ0v) is 21.9. The second-order valence-corrected chi connectivity index (χ2v) is 9.86. The molecule has 0 saturated carbocycles. The minimum absolute atomic E-state index is 0.0347. The topological polar surface area (TPSA) is 120 Å². The van der Waals surface area contributed by atoms with E-state index in [1.54, 1.807) is 63.5 Å². The Morgan fingerprint density at radius 1 is 1.11 bits per heavy atom. The molecule has 1 amide bonds. The highest BCUT2D eigenvalue weighted by atomic mass is 32.2. The zero-order valence-electron chi connectivity index (χ0n) is 21.0. The number of benzene rings is 2. The molecule has 2 aromatic carbocycles. The Kier molecular flexibility index (Phi) is 10.6. The SMILES string of the molecule is CCCCC(=O)N(Cc1ccc(-c2ccccc2S(=O)(=O)N=CN(C)C)cc1)C(C#N)C(=O)OCC. The summed E-state index contributed by atoms with van der Waals surface area (Å²) in [4.78, 5) is 28.0. The van der Waals surface area contributed by atoms with Crippen molar-refractivity contribution >= 4 is 28.2 Å². The summed E-state index contributed by atoms with van der Waals surface area (Å²) in [6.07, 6.45) is 2.88. The maximum absolute atomic E-state index is 12.9. The molecule has 1 atom stereocenters. The number of nitrogens with zero attached hydrogens (tertiary/aromatic N) is 4. The largest absolute Gasteiger partial charge is 0.464 e. The van der Waals surface area contributed by atoms with Gasteiger partial charge in [-0.3, -0.25) is 4.79 Å². The van der Waals surface area contributed by atoms with E-state index in [1.165, 1.54) is 22.2 Å². The van der Waals surface area contributed by atoms with Crippen LogP contribution in [0.5, 0.6) is 0 Å². The summed E-state index contributed by atoms with van der Waals surface area (Å²) < 4.78 is 34.3. The number of rotatable bonds is 12. The molecule has 2 rings (SSSR count). The van der Waals surface area contributed by atoms with Gasteiger partial charge >= 0.3 is 5.97 Å². The van der Waals surface area contributed by atoms with Gasteiger partial charge in [0.2, 0.25) is 11.9 Å². The van der Waals surface area contributed by atoms with E-state index in [2.05, 4.69) is 4.40 Å². The Bertz CT molecular complexity index is 1220. The molecule has 0 radical (unpaired) electrons. The Morgan fingerprint density at radius 2 is 1.78 bits per heavy atom. The third-order valence-corrected chi connectivity index (χ3v) is 6.49. The van der Waals surface area contributed by atoms with Crippen LogP contribution in [-0.2, 0) is 30.9 Å². The van der Waals surface area contributed by atoms with Crippen LogP contribution in [0.2, 0.25) is 0 Å². The highest BCUT2D eigenvalue weighted by molar-refractivity contribution is 7.90. The van der Waals surface area contributed by atoms with Gasteiger partial charge in [0, 0.05) is 32.6 Å². The van der Waals surface area contributed by atoms with Crippen molar-refractivity contribution in [3.05, 3.63) is 54.1 Å². The molecule has 36 heavy (non-hydrogen) atoms. The van der Waals surface area contributed by atoms with Gasteiger partial charge in [-0.15, -0.1) is 4.40 Å². The summed E-state index contributed by atoms with van der Waals surface area (Å²) in [5.74, 6) is -1.07. The van der Waals surface area contributed by atoms with Crippen LogP contribution in [0.1, 0.15) is 38.7 Å². The van der Waals surface area contributed by atoms with Crippen LogP contribution in [0.4, 0.5) is 0 Å². The Hall–Kier alpha value is -3.71. The summed E-state index contributed by atoms with van der Waals surface area (Å²) in [6.45, 7) is 3.72. The first-order chi connectivity index (χ1) is 17.1. The molecule has 0 aliphatic rings. The van der Waals surface area contributed by atoms with Gasteiger partial charge in [-0.05, 0) is 30.5 Å². The van der Waals surface area contributed by atoms with Crippen LogP contribution in [-0.4, -0.2) is 63.2 Å². The number of esters is 1. The van der Waals surface area contributed by atoms with E-state index in [4.69, 9.17) is 4.74 Å². The predicted octanol–water partition coefficient (Wildman–Crippen LogP) is 3.61. The molecule has 0 bridgehead atoms. The lowest BCUT2D eigenvalue weighted by Gasteiger charge is -2.26. The van der Waals surface area contributed by atoms with Crippen molar-refractivity contribution in [2.75, 3.05) is 20.7 Å². The van der Waals surface area contributed by atoms with E-state index >= 15 is 0 Å². The fraction of sp³-hybridized carbons (Fsp3) is 0.385. The highest BCUT2D eigenvalue weighted by Crippen LogP contribution is 2.29. The van der Waals surface area contributed by atoms with E-state index in [0.717, 1.165) is 6.42 Å². The number of hydrogen-bond acceptors (Lipinski definition) is 6. The van der Waals surface area contributed by atoms with Crippen molar-refractivity contribution < 1.29 is 22.7 Å². The van der Waals surface area contributed by atoms with E-state index in [1.807, 2.05) is 13.0 Å². The lowest BCUT2D eigenvalue weighted by Crippen LogP contribution is -2.44. The van der Waals surface area contributed by atoms with Gasteiger partial charge in [0.15, 0.2) is 0 Å². The molecule has 2 aromatic rings. The highest BCUT2D eigenvalue weighted by Gasteiger charge is 2.31. The second-order valence-electron chi connectivity index (χ2n) is 8.26. The lowest BCUT2D eigenvalue weighted by molar-refractivity contribution is -0.152. The summed E-state index contributed by atoms with van der Waals surface area (Å²) >= 11 is 0. The molecule has 10 heteroatoms. The van der Waals surface area contributed by atoms with Gasteiger partial charge < -0.3 is 14.5 Å². The van der Waals surface area contributed by atoms with E-state index in [0.29, 0.717) is 23.1 Å². The van der Waals surface area contributed by atoms with Gasteiger partial charge in [0.25, 0.3) is 10.0 Å². The molecule has 0 heterocycles. The van der Waals surface area contributed by atoms with Gasteiger partial charge in [-0.2, -0.15) is 13.7 Å². The average Bonchev–Trinajstić information content (AvgIpc) is 2.86. The molecule has 0 saturated heterocycles. The van der Waals surface area contributed by atoms with Gasteiger partial charge in [-0.1, -0.05) is 55.8 Å². The maximum atomic E-state index is 12.9. The summed E-state index contributed by atoms with van der Waals surface area (Å²) in [6, 6.07) is 14.0. The maximum Gasteiger partial charge on any atom is 0.343 e. The van der Waals surface area contributed by atoms with Gasteiger partial charge in [0.1, 0.15) is 6.34 Å². The Labute approximate surface area is 213 Å². The predicted molar refractivity (Wildman–Crippen MR) is 137 cm³/mol. The molecular formula is C26H32N4O5S. The number of unbranched alkanes of at least 4 members (excludes halogenated alkanes) is 1. The molecule has 1 unspecified atom stereocenters. The normalized spacial score (nSPS) is 12.1. The number of carbonyl (C=O) groups excluding carboxylic acids is 2. The fourth-order valence-electron chi connectivity index (χ4n) is 3.40. The van der Waals surface area contributed by atoms with Crippen molar-refractivity contribution in [2.24, 2.45) is 4.40 Å². The van der Waals surface area contributed by atoms with Crippen LogP contribution in [0, 0.1) is 11.3 Å². The first kappa shape index (κ1) is 28.5. The molecule has 192 valence electrons. The quantitative estimate of drug-likeness (QED) is 0.242. The van der Waals surface area contributed by atoms with Crippen LogP contribution < -0.4 is 0 Å². The van der Waals surface area contributed by atoms with Crippen molar-refractivity contribution in [1.29, 1.82) is 5.26 Å². The Balaban J connectivity index is 2.38. The molecule has 0 aliphatic heterocycles. The molecule has 0 aromatic heterocycles. The second kappa shape index (κ2) is 13.4. The van der Waals surface area contributed by atoms with E-state index in [-0.39, 0.29) is 30.4 Å². The Morgan fingerprint density at radius 3 is 2.36 bits per heavy atom. The minimum Gasteiger partial charge on any atom is -0.464 e. The number of amides is 1. The van der Waals surface area contributed by atoms with E-state index in [9.17, 15) is 23.3 Å². The van der Waals surface area contributed by atoms with Crippen LogP contribution in [0.15, 0.2) is 57.8 Å². The fourth-order valence-corrected chi connectivity index (χ4v) is 4.54. The summed E-state index contributed by atoms with van der Waals surface area (Å²) in [5, 5.41) is 9.61. The standard InChI is InChI=1S/C26H32N4O5S/c1-5-7-12-25(31)30(23(17-27)26(32)35-6-2)18-20-13-15-21(16-14-20)22-10-8-9-11-24(22)36(33,34)28-19-29(3)4/h8-11,13-16,19,23H,5-7,12,18H2,1-4H3. The minimum atomic E-state index is -3.93.